The third-order valence-electron chi connectivity index (χ3n) is 3.78. The number of aromatic hydroxyl groups is 1. The van der Waals surface area contributed by atoms with Crippen LogP contribution in [0.25, 0.3) is 11.3 Å². The molecule has 4 nitrogen and oxygen atoms in total. The first-order valence-corrected chi connectivity index (χ1v) is 8.95. The molecule has 0 aliphatic heterocycles. The lowest BCUT2D eigenvalue weighted by Crippen LogP contribution is -2.11. The van der Waals surface area contributed by atoms with Crippen LogP contribution < -0.4 is 5.43 Å². The molecule has 0 unspecified atom stereocenters. The lowest BCUT2D eigenvalue weighted by Gasteiger charge is -2.20. The van der Waals surface area contributed by atoms with Crippen molar-refractivity contribution >= 4 is 22.7 Å². The molecule has 2 aromatic carbocycles. The van der Waals surface area contributed by atoms with Crippen molar-refractivity contribution in [3.8, 4) is 17.0 Å². The largest absolute Gasteiger partial charge is 0.508 e. The first-order chi connectivity index (χ1) is 11.9. The summed E-state index contributed by atoms with van der Waals surface area (Å²) in [6.07, 6.45) is 1.68. The fourth-order valence-electron chi connectivity index (χ4n) is 2.49. The van der Waals surface area contributed by atoms with E-state index in [0.717, 1.165) is 27.5 Å². The highest BCUT2D eigenvalue weighted by Crippen LogP contribution is 2.30. The number of anilines is 1. The van der Waals surface area contributed by atoms with Gasteiger partial charge in [0.05, 0.1) is 11.9 Å². The van der Waals surface area contributed by atoms with Crippen LogP contribution in [0.5, 0.6) is 5.75 Å². The highest BCUT2D eigenvalue weighted by atomic mass is 32.1. The van der Waals surface area contributed by atoms with E-state index in [0.29, 0.717) is 0 Å². The molecule has 0 saturated carbocycles. The van der Waals surface area contributed by atoms with E-state index < -0.39 is 0 Å². The van der Waals surface area contributed by atoms with Gasteiger partial charge in [-0.05, 0) is 22.6 Å². The molecule has 1 heterocycles. The number of hydrogen-bond acceptors (Lipinski definition) is 5. The van der Waals surface area contributed by atoms with Crippen LogP contribution in [0.3, 0.4) is 0 Å². The van der Waals surface area contributed by atoms with Gasteiger partial charge in [-0.3, -0.25) is 5.43 Å². The average molecular weight is 351 g/mol. The van der Waals surface area contributed by atoms with Crippen molar-refractivity contribution in [3.05, 3.63) is 65.0 Å². The number of phenolic OH excluding ortho intramolecular Hbond substituents is 1. The summed E-state index contributed by atoms with van der Waals surface area (Å²) in [7, 11) is 0. The van der Waals surface area contributed by atoms with Crippen LogP contribution >= 0.6 is 11.3 Å². The average Bonchev–Trinajstić information content (AvgIpc) is 3.03. The molecule has 0 radical (unpaired) electrons. The van der Waals surface area contributed by atoms with Crippen LogP contribution in [0.15, 0.2) is 59.0 Å². The molecule has 0 aliphatic carbocycles. The van der Waals surface area contributed by atoms with Gasteiger partial charge in [-0.25, -0.2) is 4.98 Å². The normalized spacial score (nSPS) is 11.8. The van der Waals surface area contributed by atoms with Crippen LogP contribution in [0.2, 0.25) is 0 Å². The topological polar surface area (TPSA) is 57.5 Å². The number of phenols is 1. The summed E-state index contributed by atoms with van der Waals surface area (Å²) >= 11 is 1.50. The maximum absolute atomic E-state index is 10.2. The zero-order valence-corrected chi connectivity index (χ0v) is 15.3. The standard InChI is InChI=1S/C20H21N3OS/c1-20(2,3)16-10-9-14(11-18(16)24)12-21-23-19-22-17(13-25-19)15-7-5-4-6-8-15/h4-13,24H,1-3H3,(H,22,23). The second-order valence-corrected chi connectivity index (χ2v) is 7.66. The van der Waals surface area contributed by atoms with E-state index in [1.54, 1.807) is 12.3 Å². The molecule has 1 aromatic heterocycles. The Morgan fingerprint density at radius 1 is 1.12 bits per heavy atom. The van der Waals surface area contributed by atoms with Gasteiger partial charge in [-0.15, -0.1) is 11.3 Å². The van der Waals surface area contributed by atoms with Gasteiger partial charge in [0.2, 0.25) is 5.13 Å². The lowest BCUT2D eigenvalue weighted by atomic mass is 9.86. The van der Waals surface area contributed by atoms with Gasteiger partial charge >= 0.3 is 0 Å². The van der Waals surface area contributed by atoms with Gasteiger partial charge in [-0.2, -0.15) is 5.10 Å². The Labute approximate surface area is 151 Å². The van der Waals surface area contributed by atoms with Gasteiger partial charge in [0.1, 0.15) is 5.75 Å². The Morgan fingerprint density at radius 2 is 1.88 bits per heavy atom. The third-order valence-corrected chi connectivity index (χ3v) is 4.52. The van der Waals surface area contributed by atoms with E-state index in [2.05, 4.69) is 36.3 Å². The molecule has 25 heavy (non-hydrogen) atoms. The minimum absolute atomic E-state index is 0.0905. The Bertz CT molecular complexity index is 879. The predicted octanol–water partition coefficient (Wildman–Crippen LogP) is 5.26. The van der Waals surface area contributed by atoms with Crippen molar-refractivity contribution in [3.63, 3.8) is 0 Å². The molecule has 3 rings (SSSR count). The quantitative estimate of drug-likeness (QED) is 0.498. The second kappa shape index (κ2) is 7.07. The minimum Gasteiger partial charge on any atom is -0.508 e. The number of thiazole rings is 1. The molecule has 5 heteroatoms. The van der Waals surface area contributed by atoms with Crippen LogP contribution in [-0.4, -0.2) is 16.3 Å². The molecule has 0 atom stereocenters. The Balaban J connectivity index is 1.68. The van der Waals surface area contributed by atoms with Crippen LogP contribution in [0.1, 0.15) is 31.9 Å². The van der Waals surface area contributed by atoms with E-state index in [9.17, 15) is 5.11 Å². The number of aromatic nitrogens is 1. The molecule has 0 spiro atoms. The highest BCUT2D eigenvalue weighted by Gasteiger charge is 2.17. The van der Waals surface area contributed by atoms with E-state index in [1.165, 1.54) is 11.3 Å². The molecule has 0 bridgehead atoms. The van der Waals surface area contributed by atoms with E-state index in [4.69, 9.17) is 0 Å². The predicted molar refractivity (Wildman–Crippen MR) is 106 cm³/mol. The molecule has 2 N–H and O–H groups in total. The molecule has 0 amide bonds. The zero-order chi connectivity index (χ0) is 17.9. The van der Waals surface area contributed by atoms with E-state index in [1.807, 2.05) is 47.8 Å². The molecule has 0 fully saturated rings. The van der Waals surface area contributed by atoms with Crippen molar-refractivity contribution < 1.29 is 5.11 Å². The number of nitrogens with zero attached hydrogens (tertiary/aromatic N) is 2. The SMILES string of the molecule is CC(C)(C)c1ccc(C=NNc2nc(-c3ccccc3)cs2)cc1O. The first-order valence-electron chi connectivity index (χ1n) is 8.07. The Hall–Kier alpha value is -2.66. The second-order valence-electron chi connectivity index (χ2n) is 6.80. The smallest absolute Gasteiger partial charge is 0.203 e. The first kappa shape index (κ1) is 17.2. The van der Waals surface area contributed by atoms with Crippen molar-refractivity contribution in [1.82, 2.24) is 4.98 Å². The number of hydrogen-bond donors (Lipinski definition) is 2. The summed E-state index contributed by atoms with van der Waals surface area (Å²) in [6, 6.07) is 15.6. The Kier molecular flexibility index (Phi) is 4.86. The van der Waals surface area contributed by atoms with Gasteiger partial charge in [-0.1, -0.05) is 63.2 Å². The number of hydrazone groups is 1. The zero-order valence-electron chi connectivity index (χ0n) is 14.5. The van der Waals surface area contributed by atoms with E-state index in [-0.39, 0.29) is 11.2 Å². The highest BCUT2D eigenvalue weighted by molar-refractivity contribution is 7.14. The fourth-order valence-corrected chi connectivity index (χ4v) is 3.16. The molecule has 128 valence electrons. The van der Waals surface area contributed by atoms with Crippen molar-refractivity contribution in [1.29, 1.82) is 0 Å². The summed E-state index contributed by atoms with van der Waals surface area (Å²) in [5.74, 6) is 0.289. The molecular formula is C20H21N3OS. The summed E-state index contributed by atoms with van der Waals surface area (Å²) in [5, 5.41) is 17.1. The van der Waals surface area contributed by atoms with Gasteiger partial charge < -0.3 is 5.11 Å². The molecule has 0 saturated heterocycles. The van der Waals surface area contributed by atoms with Crippen molar-refractivity contribution in [2.75, 3.05) is 5.43 Å². The monoisotopic (exact) mass is 351 g/mol. The summed E-state index contributed by atoms with van der Waals surface area (Å²) in [4.78, 5) is 4.52. The molecular weight excluding hydrogens is 330 g/mol. The van der Waals surface area contributed by atoms with E-state index >= 15 is 0 Å². The van der Waals surface area contributed by atoms with Gasteiger partial charge in [0, 0.05) is 10.9 Å². The summed E-state index contributed by atoms with van der Waals surface area (Å²) < 4.78 is 0. The third kappa shape index (κ3) is 4.25. The van der Waals surface area contributed by atoms with Crippen LogP contribution in [0.4, 0.5) is 5.13 Å². The van der Waals surface area contributed by atoms with Gasteiger partial charge in [0.15, 0.2) is 0 Å². The Morgan fingerprint density at radius 3 is 2.56 bits per heavy atom. The minimum atomic E-state index is -0.0905. The fraction of sp³-hybridized carbons (Fsp3) is 0.200. The van der Waals surface area contributed by atoms with Crippen molar-refractivity contribution in [2.45, 2.75) is 26.2 Å². The molecule has 0 aliphatic rings. The lowest BCUT2D eigenvalue weighted by molar-refractivity contribution is 0.446. The number of rotatable bonds is 4. The molecule has 3 aromatic rings. The maximum Gasteiger partial charge on any atom is 0.203 e. The van der Waals surface area contributed by atoms with Gasteiger partial charge in [0.25, 0.3) is 0 Å². The summed E-state index contributed by atoms with van der Waals surface area (Å²) in [6.45, 7) is 6.22. The van der Waals surface area contributed by atoms with Crippen molar-refractivity contribution in [2.24, 2.45) is 5.10 Å². The maximum atomic E-state index is 10.2. The number of nitrogens with one attached hydrogen (secondary N) is 1. The summed E-state index contributed by atoms with van der Waals surface area (Å²) in [5.41, 5.74) is 6.61. The number of benzene rings is 2. The van der Waals surface area contributed by atoms with Crippen LogP contribution in [0, 0.1) is 0 Å². The van der Waals surface area contributed by atoms with Crippen LogP contribution in [-0.2, 0) is 5.41 Å².